The lowest BCUT2D eigenvalue weighted by Gasteiger charge is -2.12. The van der Waals surface area contributed by atoms with E-state index in [1.54, 1.807) is 0 Å². The van der Waals surface area contributed by atoms with Gasteiger partial charge in [0.05, 0.1) is 0 Å². The van der Waals surface area contributed by atoms with Crippen LogP contribution in [0.3, 0.4) is 0 Å². The fourth-order valence-electron chi connectivity index (χ4n) is 0.858. The lowest BCUT2D eigenvalue weighted by atomic mass is 10.2. The third-order valence-corrected chi connectivity index (χ3v) is 2.68. The van der Waals surface area contributed by atoms with Gasteiger partial charge in [0.1, 0.15) is 0 Å². The van der Waals surface area contributed by atoms with E-state index in [0.29, 0.717) is 0 Å². The Balaban J connectivity index is 3.04. The Morgan fingerprint density at radius 1 is 1.00 bits per heavy atom. The molecule has 3 nitrogen and oxygen atoms in total. The number of rotatable bonds is 5. The van der Waals surface area contributed by atoms with Crippen LogP contribution in [0.5, 0.6) is 0 Å². The van der Waals surface area contributed by atoms with Gasteiger partial charge in [-0.15, -0.1) is 0 Å². The third-order valence-electron chi connectivity index (χ3n) is 1.46. The molecule has 0 saturated heterocycles. The first kappa shape index (κ1) is 10.1. The number of hydrogen-bond donors (Lipinski definition) is 3. The van der Waals surface area contributed by atoms with E-state index in [0.717, 1.165) is 12.5 Å². The van der Waals surface area contributed by atoms with Crippen molar-refractivity contribution in [3.8, 4) is 0 Å². The molecule has 0 aromatic heterocycles. The van der Waals surface area contributed by atoms with Gasteiger partial charge in [-0.05, 0) is 6.04 Å². The molecule has 6 N–H and O–H groups in total. The fraction of sp³-hybridized carbons (Fsp3) is 1.00. The predicted molar refractivity (Wildman–Crippen MR) is 47.3 cm³/mol. The maximum atomic E-state index is 5.51. The first-order valence-electron chi connectivity index (χ1n) is 3.93. The molecule has 0 aliphatic carbocycles. The molecule has 0 unspecified atom stereocenters. The van der Waals surface area contributed by atoms with Gasteiger partial charge in [-0.1, -0.05) is 32.6 Å². The lowest BCUT2D eigenvalue weighted by Crippen LogP contribution is -2.64. The van der Waals surface area contributed by atoms with Crippen LogP contribution in [0.1, 0.15) is 32.6 Å². The van der Waals surface area contributed by atoms with E-state index in [2.05, 4.69) is 6.92 Å². The van der Waals surface area contributed by atoms with Crippen LogP contribution in [0.4, 0.5) is 0 Å². The maximum absolute atomic E-state index is 5.51. The highest BCUT2D eigenvalue weighted by atomic mass is 28.4. The summed E-state index contributed by atoms with van der Waals surface area (Å²) in [6.45, 7) is 2.18. The number of unbranched alkanes of at least 4 members (excludes halogenated alkanes) is 3. The quantitative estimate of drug-likeness (QED) is 0.403. The Kier molecular flexibility index (Phi) is 4.89. The topological polar surface area (TPSA) is 78.1 Å². The highest BCUT2D eigenvalue weighted by Crippen LogP contribution is 2.03. The summed E-state index contributed by atoms with van der Waals surface area (Å²) in [4.78, 5) is 0. The molecule has 0 radical (unpaired) electrons. The summed E-state index contributed by atoms with van der Waals surface area (Å²) in [7, 11) is -2.21. The van der Waals surface area contributed by atoms with Crippen LogP contribution in [-0.2, 0) is 0 Å². The second-order valence-corrected chi connectivity index (χ2v) is 5.65. The molecule has 62 valence electrons. The molecule has 0 aliphatic heterocycles. The molecule has 0 spiro atoms. The van der Waals surface area contributed by atoms with E-state index >= 15 is 0 Å². The fourth-order valence-corrected chi connectivity index (χ4v) is 1.72. The van der Waals surface area contributed by atoms with E-state index in [4.69, 9.17) is 16.2 Å². The van der Waals surface area contributed by atoms with Crippen molar-refractivity contribution < 1.29 is 0 Å². The van der Waals surface area contributed by atoms with E-state index in [1.165, 1.54) is 19.3 Å². The summed E-state index contributed by atoms with van der Waals surface area (Å²) in [6, 6.07) is 0.854. The Morgan fingerprint density at radius 2 is 1.60 bits per heavy atom. The van der Waals surface area contributed by atoms with Crippen molar-refractivity contribution in [2.24, 2.45) is 16.2 Å². The van der Waals surface area contributed by atoms with Gasteiger partial charge in [-0.25, -0.2) is 0 Å². The molecular formula is C6H19N3Si. The molecule has 0 rings (SSSR count). The monoisotopic (exact) mass is 161 g/mol. The zero-order valence-corrected chi connectivity index (χ0v) is 7.77. The lowest BCUT2D eigenvalue weighted by molar-refractivity contribution is 0.694. The summed E-state index contributed by atoms with van der Waals surface area (Å²) in [5.41, 5.74) is 0. The average molecular weight is 161 g/mol. The van der Waals surface area contributed by atoms with Crippen molar-refractivity contribution in [3.63, 3.8) is 0 Å². The summed E-state index contributed by atoms with van der Waals surface area (Å²) in [5, 5.41) is 16.5. The molecule has 0 bridgehead atoms. The van der Waals surface area contributed by atoms with Gasteiger partial charge in [0.25, 0.3) is 8.56 Å². The van der Waals surface area contributed by atoms with E-state index in [-0.39, 0.29) is 0 Å². The molecule has 0 fully saturated rings. The smallest absolute Gasteiger partial charge is 0.273 e. The Morgan fingerprint density at radius 3 is 2.00 bits per heavy atom. The highest BCUT2D eigenvalue weighted by molar-refractivity contribution is 6.70. The van der Waals surface area contributed by atoms with Gasteiger partial charge in [0.2, 0.25) is 0 Å². The predicted octanol–water partition coefficient (Wildman–Crippen LogP) is 0.382. The van der Waals surface area contributed by atoms with Gasteiger partial charge in [0.15, 0.2) is 0 Å². The zero-order chi connectivity index (χ0) is 8.04. The summed E-state index contributed by atoms with van der Waals surface area (Å²) >= 11 is 0. The van der Waals surface area contributed by atoms with Crippen molar-refractivity contribution in [1.82, 2.24) is 0 Å². The highest BCUT2D eigenvalue weighted by Gasteiger charge is 2.15. The Bertz CT molecular complexity index is 79.6. The Hall–Kier alpha value is 0.0969. The molecule has 0 aromatic carbocycles. The summed E-state index contributed by atoms with van der Waals surface area (Å²) < 4.78 is 0. The summed E-state index contributed by atoms with van der Waals surface area (Å²) in [5.74, 6) is 0. The first-order chi connectivity index (χ1) is 4.56. The minimum absolute atomic E-state index is 0.854. The van der Waals surface area contributed by atoms with Gasteiger partial charge in [-0.3, -0.25) is 0 Å². The van der Waals surface area contributed by atoms with Gasteiger partial charge in [-0.2, -0.15) is 0 Å². The molecule has 0 atom stereocenters. The third kappa shape index (κ3) is 8.10. The van der Waals surface area contributed by atoms with Crippen LogP contribution in [0, 0.1) is 0 Å². The van der Waals surface area contributed by atoms with Crippen LogP contribution >= 0.6 is 0 Å². The molecule has 0 amide bonds. The molecule has 0 saturated carbocycles. The average Bonchev–Trinajstić information content (AvgIpc) is 1.78. The van der Waals surface area contributed by atoms with E-state index in [1.807, 2.05) is 0 Å². The van der Waals surface area contributed by atoms with Crippen LogP contribution < -0.4 is 16.2 Å². The zero-order valence-electron chi connectivity index (χ0n) is 6.77. The van der Waals surface area contributed by atoms with Crippen LogP contribution in [0.2, 0.25) is 6.04 Å². The van der Waals surface area contributed by atoms with Crippen LogP contribution in [0.25, 0.3) is 0 Å². The normalized spacial score (nSPS) is 12.0. The molecule has 0 heterocycles. The number of nitrogens with two attached hydrogens (primary N) is 3. The molecule has 10 heavy (non-hydrogen) atoms. The minimum atomic E-state index is -2.21. The van der Waals surface area contributed by atoms with Crippen molar-refractivity contribution in [2.75, 3.05) is 0 Å². The van der Waals surface area contributed by atoms with Gasteiger partial charge >= 0.3 is 0 Å². The molecule has 0 aromatic rings. The van der Waals surface area contributed by atoms with E-state index in [9.17, 15) is 0 Å². The SMILES string of the molecule is CCCCCC[Si](N)(N)N. The van der Waals surface area contributed by atoms with Gasteiger partial charge in [0, 0.05) is 0 Å². The van der Waals surface area contributed by atoms with E-state index < -0.39 is 8.56 Å². The summed E-state index contributed by atoms with van der Waals surface area (Å²) in [6.07, 6.45) is 4.83. The largest absolute Gasteiger partial charge is 0.327 e. The molecule has 4 heteroatoms. The van der Waals surface area contributed by atoms with Crippen LogP contribution in [0.15, 0.2) is 0 Å². The first-order valence-corrected chi connectivity index (χ1v) is 6.37. The van der Waals surface area contributed by atoms with Crippen molar-refractivity contribution in [1.29, 1.82) is 0 Å². The molecular weight excluding hydrogens is 142 g/mol. The second kappa shape index (κ2) is 4.84. The second-order valence-electron chi connectivity index (χ2n) is 2.92. The van der Waals surface area contributed by atoms with Gasteiger partial charge < -0.3 is 16.2 Å². The molecule has 0 aliphatic rings. The number of hydrogen-bond acceptors (Lipinski definition) is 3. The van der Waals surface area contributed by atoms with Crippen molar-refractivity contribution >= 4 is 8.56 Å². The van der Waals surface area contributed by atoms with Crippen molar-refractivity contribution in [3.05, 3.63) is 0 Å². The standard InChI is InChI=1S/C6H19N3Si/c1-2-3-4-5-6-10(7,8)9/h2-9H2,1H3. The minimum Gasteiger partial charge on any atom is -0.327 e. The van der Waals surface area contributed by atoms with Crippen LogP contribution in [-0.4, -0.2) is 8.56 Å². The van der Waals surface area contributed by atoms with Crippen molar-refractivity contribution in [2.45, 2.75) is 38.7 Å². The maximum Gasteiger partial charge on any atom is 0.273 e. The Labute approximate surface area is 64.2 Å².